The van der Waals surface area contributed by atoms with Crippen molar-refractivity contribution in [3.8, 4) is 0 Å². The van der Waals surface area contributed by atoms with Crippen molar-refractivity contribution in [2.45, 2.75) is 123 Å². The van der Waals surface area contributed by atoms with E-state index >= 15 is 0 Å². The summed E-state index contributed by atoms with van der Waals surface area (Å²) in [6.45, 7) is 12.2. The topological polar surface area (TPSA) is 0 Å². The second kappa shape index (κ2) is 34.6. The Balaban J connectivity index is -0.000000158. The zero-order valence-electron chi connectivity index (χ0n) is 16.6. The van der Waals surface area contributed by atoms with Crippen molar-refractivity contribution in [3.63, 3.8) is 0 Å². The summed E-state index contributed by atoms with van der Waals surface area (Å²) in [6, 6.07) is 0. The van der Waals surface area contributed by atoms with Crippen LogP contribution in [0.5, 0.6) is 0 Å². The van der Waals surface area contributed by atoms with Crippen molar-refractivity contribution in [2.75, 3.05) is 0 Å². The molecule has 0 aliphatic carbocycles. The SMILES string of the molecule is Br.[CH2-]CCCCCCC.[CH2-]CCCCCCCCCCCC.[Mg+2]. The number of halogens is 1. The molecule has 2 heteroatoms. The van der Waals surface area contributed by atoms with Crippen LogP contribution in [0.2, 0.25) is 0 Å². The average Bonchev–Trinajstić information content (AvgIpc) is 2.51. The fraction of sp³-hybridized carbons (Fsp3) is 0.905. The molecule has 0 unspecified atom stereocenters. The van der Waals surface area contributed by atoms with Gasteiger partial charge in [0.1, 0.15) is 0 Å². The molecule has 0 bridgehead atoms. The Labute approximate surface area is 176 Å². The van der Waals surface area contributed by atoms with E-state index < -0.39 is 0 Å². The van der Waals surface area contributed by atoms with Crippen LogP contribution >= 0.6 is 17.0 Å². The molecular formula is C21H45BrMg. The van der Waals surface area contributed by atoms with Gasteiger partial charge in [0, 0.05) is 0 Å². The van der Waals surface area contributed by atoms with Gasteiger partial charge in [0.05, 0.1) is 0 Å². The quantitative estimate of drug-likeness (QED) is 0.146. The van der Waals surface area contributed by atoms with E-state index in [4.69, 9.17) is 0 Å². The number of hydrogen-bond acceptors (Lipinski definition) is 0. The molecule has 0 N–H and O–H groups in total. The van der Waals surface area contributed by atoms with Gasteiger partial charge in [-0.15, -0.1) is 17.0 Å². The molecule has 0 radical (unpaired) electrons. The van der Waals surface area contributed by atoms with Crippen molar-refractivity contribution in [2.24, 2.45) is 0 Å². The van der Waals surface area contributed by atoms with Crippen LogP contribution in [0, 0.1) is 13.8 Å². The number of hydrogen-bond donors (Lipinski definition) is 0. The van der Waals surface area contributed by atoms with E-state index in [0.717, 1.165) is 12.8 Å². The maximum absolute atomic E-state index is 3.85. The fourth-order valence-corrected chi connectivity index (χ4v) is 2.44. The van der Waals surface area contributed by atoms with E-state index in [1.807, 2.05) is 0 Å². The first-order valence-corrected chi connectivity index (χ1v) is 9.91. The van der Waals surface area contributed by atoms with E-state index in [2.05, 4.69) is 27.7 Å². The first-order valence-electron chi connectivity index (χ1n) is 9.91. The molecule has 0 aliphatic rings. The minimum Gasteiger partial charge on any atom is -0.343 e. The number of unbranched alkanes of at least 4 members (excludes halogenated alkanes) is 15. The monoisotopic (exact) mass is 400 g/mol. The molecule has 0 aromatic carbocycles. The molecule has 0 spiro atoms. The predicted molar refractivity (Wildman–Crippen MR) is 117 cm³/mol. The first kappa shape index (κ1) is 32.0. The Hall–Kier alpha value is 1.25. The fourth-order valence-electron chi connectivity index (χ4n) is 2.44. The van der Waals surface area contributed by atoms with Crippen LogP contribution in [0.4, 0.5) is 0 Å². The van der Waals surface area contributed by atoms with Gasteiger partial charge in [-0.25, -0.2) is 0 Å². The summed E-state index contributed by atoms with van der Waals surface area (Å²) in [4.78, 5) is 0. The molecule has 0 atom stereocenters. The van der Waals surface area contributed by atoms with Crippen LogP contribution in [0.15, 0.2) is 0 Å². The van der Waals surface area contributed by atoms with E-state index in [0.29, 0.717) is 0 Å². The van der Waals surface area contributed by atoms with Crippen molar-refractivity contribution in [1.82, 2.24) is 0 Å². The predicted octanol–water partition coefficient (Wildman–Crippen LogP) is 8.51. The van der Waals surface area contributed by atoms with Crippen molar-refractivity contribution < 1.29 is 0 Å². The first-order chi connectivity index (χ1) is 10.3. The van der Waals surface area contributed by atoms with Crippen molar-refractivity contribution in [1.29, 1.82) is 0 Å². The molecule has 0 aliphatic heterocycles. The normalized spacial score (nSPS) is 9.39. The molecular weight excluding hydrogens is 356 g/mol. The molecule has 0 heterocycles. The van der Waals surface area contributed by atoms with Gasteiger partial charge in [-0.1, -0.05) is 110 Å². The van der Waals surface area contributed by atoms with Gasteiger partial charge in [-0.05, 0) is 0 Å². The van der Waals surface area contributed by atoms with Gasteiger partial charge in [0.15, 0.2) is 0 Å². The van der Waals surface area contributed by atoms with Crippen LogP contribution < -0.4 is 0 Å². The minimum absolute atomic E-state index is 0. The van der Waals surface area contributed by atoms with E-state index in [1.165, 1.54) is 96.3 Å². The Morgan fingerprint density at radius 1 is 0.435 bits per heavy atom. The van der Waals surface area contributed by atoms with Crippen LogP contribution in [0.1, 0.15) is 123 Å². The average molecular weight is 402 g/mol. The molecule has 138 valence electrons. The second-order valence-corrected chi connectivity index (χ2v) is 6.30. The summed E-state index contributed by atoms with van der Waals surface area (Å²) >= 11 is 0. The molecule has 0 amide bonds. The van der Waals surface area contributed by atoms with Gasteiger partial charge >= 0.3 is 23.1 Å². The minimum atomic E-state index is 0. The van der Waals surface area contributed by atoms with Crippen LogP contribution in [0.3, 0.4) is 0 Å². The molecule has 0 saturated heterocycles. The van der Waals surface area contributed by atoms with Crippen LogP contribution in [0.25, 0.3) is 0 Å². The standard InChI is InChI=1S/C13H27.C8H17.BrH.Mg/c1-3-5-7-9-11-13-12-10-8-6-4-2;1-3-5-7-8-6-4-2;;/h1,3-13H2,2H3;1,3-8H2,2H3;1H;/q2*-1;;+2. The van der Waals surface area contributed by atoms with Crippen LogP contribution in [-0.2, 0) is 0 Å². The Morgan fingerprint density at radius 2 is 0.652 bits per heavy atom. The summed E-state index contributed by atoms with van der Waals surface area (Å²) in [7, 11) is 0. The van der Waals surface area contributed by atoms with E-state index in [1.54, 1.807) is 0 Å². The molecule has 0 saturated carbocycles. The third kappa shape index (κ3) is 39.8. The van der Waals surface area contributed by atoms with E-state index in [9.17, 15) is 0 Å². The maximum Gasteiger partial charge on any atom is 2.00 e. The third-order valence-corrected chi connectivity index (χ3v) is 3.96. The van der Waals surface area contributed by atoms with Gasteiger partial charge in [0.25, 0.3) is 0 Å². The van der Waals surface area contributed by atoms with E-state index in [-0.39, 0.29) is 40.0 Å². The zero-order chi connectivity index (χ0) is 16.0. The van der Waals surface area contributed by atoms with Crippen molar-refractivity contribution in [3.05, 3.63) is 13.8 Å². The van der Waals surface area contributed by atoms with Gasteiger partial charge in [0.2, 0.25) is 0 Å². The Morgan fingerprint density at radius 3 is 0.870 bits per heavy atom. The summed E-state index contributed by atoms with van der Waals surface area (Å²) in [5.41, 5.74) is 0. The number of rotatable bonds is 15. The molecule has 0 rings (SSSR count). The van der Waals surface area contributed by atoms with Crippen molar-refractivity contribution >= 4 is 40.0 Å². The Bertz CT molecular complexity index is 135. The maximum atomic E-state index is 3.85. The third-order valence-electron chi connectivity index (χ3n) is 3.96. The zero-order valence-corrected chi connectivity index (χ0v) is 19.7. The summed E-state index contributed by atoms with van der Waals surface area (Å²) in [6.07, 6.45) is 23.3. The molecule has 0 nitrogen and oxygen atoms in total. The van der Waals surface area contributed by atoms with Gasteiger partial charge in [-0.3, -0.25) is 0 Å². The second-order valence-electron chi connectivity index (χ2n) is 6.30. The summed E-state index contributed by atoms with van der Waals surface area (Å²) < 4.78 is 0. The summed E-state index contributed by atoms with van der Waals surface area (Å²) in [5, 5.41) is 0. The van der Waals surface area contributed by atoms with Gasteiger partial charge < -0.3 is 13.8 Å². The molecule has 0 fully saturated rings. The molecule has 0 aromatic heterocycles. The van der Waals surface area contributed by atoms with Crippen LogP contribution in [-0.4, -0.2) is 23.1 Å². The Kier molecular flexibility index (Phi) is 48.0. The summed E-state index contributed by atoms with van der Waals surface area (Å²) in [5.74, 6) is 0. The largest absolute Gasteiger partial charge is 2.00 e. The van der Waals surface area contributed by atoms with Gasteiger partial charge in [-0.2, -0.15) is 12.8 Å². The molecule has 0 aromatic rings. The smallest absolute Gasteiger partial charge is 0.343 e. The molecule has 23 heavy (non-hydrogen) atoms.